The van der Waals surface area contributed by atoms with Crippen LogP contribution >= 0.6 is 11.6 Å². The summed E-state index contributed by atoms with van der Waals surface area (Å²) < 4.78 is 11.0. The lowest BCUT2D eigenvalue weighted by molar-refractivity contribution is -0.120. The van der Waals surface area contributed by atoms with Gasteiger partial charge in [0.25, 0.3) is 0 Å². The molecule has 4 nitrogen and oxygen atoms in total. The van der Waals surface area contributed by atoms with Crippen LogP contribution in [0.15, 0.2) is 48.5 Å². The molecule has 2 aromatic rings. The van der Waals surface area contributed by atoms with Crippen LogP contribution in [0, 0.1) is 0 Å². The molecule has 0 saturated heterocycles. The third kappa shape index (κ3) is 6.20. The van der Waals surface area contributed by atoms with Gasteiger partial charge in [0.05, 0.1) is 19.6 Å². The van der Waals surface area contributed by atoms with Gasteiger partial charge in [-0.15, -0.1) is 0 Å². The Balaban J connectivity index is 1.69. The quantitative estimate of drug-likeness (QED) is 0.752. The molecule has 0 bridgehead atoms. The van der Waals surface area contributed by atoms with E-state index < -0.39 is 0 Å². The molecule has 0 aliphatic heterocycles. The minimum absolute atomic E-state index is 0.0426. The standard InChI is InChI=1S/C18H20ClNO3/c1-2-22-16-4-3-5-17(13-16)23-11-10-20-18(21)12-14-6-8-15(19)9-7-14/h3-9,13H,2,10-12H2,1H3,(H,20,21). The summed E-state index contributed by atoms with van der Waals surface area (Å²) in [6.45, 7) is 3.40. The van der Waals surface area contributed by atoms with E-state index >= 15 is 0 Å². The molecule has 0 heterocycles. The number of hydrogen-bond donors (Lipinski definition) is 1. The molecule has 23 heavy (non-hydrogen) atoms. The molecule has 0 aromatic heterocycles. The summed E-state index contributed by atoms with van der Waals surface area (Å²) in [4.78, 5) is 11.8. The Hall–Kier alpha value is -2.20. The van der Waals surface area contributed by atoms with E-state index in [0.29, 0.717) is 31.2 Å². The Bertz CT molecular complexity index is 628. The molecule has 1 N–H and O–H groups in total. The minimum atomic E-state index is -0.0426. The van der Waals surface area contributed by atoms with Crippen molar-refractivity contribution in [2.45, 2.75) is 13.3 Å². The molecular weight excluding hydrogens is 314 g/mol. The van der Waals surface area contributed by atoms with E-state index in [4.69, 9.17) is 21.1 Å². The van der Waals surface area contributed by atoms with Crippen molar-refractivity contribution in [3.05, 3.63) is 59.1 Å². The van der Waals surface area contributed by atoms with Gasteiger partial charge in [-0.1, -0.05) is 29.8 Å². The molecule has 0 fully saturated rings. The highest BCUT2D eigenvalue weighted by Gasteiger charge is 2.03. The fraction of sp³-hybridized carbons (Fsp3) is 0.278. The molecule has 2 aromatic carbocycles. The van der Waals surface area contributed by atoms with E-state index in [1.165, 1.54) is 0 Å². The molecule has 0 spiro atoms. The van der Waals surface area contributed by atoms with E-state index in [2.05, 4.69) is 5.32 Å². The number of ether oxygens (including phenoxy) is 2. The molecule has 5 heteroatoms. The van der Waals surface area contributed by atoms with Crippen molar-refractivity contribution < 1.29 is 14.3 Å². The van der Waals surface area contributed by atoms with Crippen LogP contribution in [0.5, 0.6) is 11.5 Å². The fourth-order valence-electron chi connectivity index (χ4n) is 2.03. The van der Waals surface area contributed by atoms with Gasteiger partial charge in [0.15, 0.2) is 0 Å². The van der Waals surface area contributed by atoms with Crippen molar-refractivity contribution in [1.82, 2.24) is 5.32 Å². The summed E-state index contributed by atoms with van der Waals surface area (Å²) in [5.41, 5.74) is 0.928. The number of nitrogens with one attached hydrogen (secondary N) is 1. The van der Waals surface area contributed by atoms with Crippen LogP contribution in [0.25, 0.3) is 0 Å². The molecule has 0 aliphatic rings. The smallest absolute Gasteiger partial charge is 0.224 e. The third-order valence-corrected chi connectivity index (χ3v) is 3.34. The summed E-state index contributed by atoms with van der Waals surface area (Å²) in [6.07, 6.45) is 0.330. The zero-order valence-electron chi connectivity index (χ0n) is 13.0. The van der Waals surface area contributed by atoms with Gasteiger partial charge >= 0.3 is 0 Å². The second kappa shape index (κ2) is 9.06. The van der Waals surface area contributed by atoms with E-state index in [-0.39, 0.29) is 5.91 Å². The monoisotopic (exact) mass is 333 g/mol. The van der Waals surface area contributed by atoms with E-state index in [1.807, 2.05) is 43.3 Å². The van der Waals surface area contributed by atoms with Crippen LogP contribution in [0.2, 0.25) is 5.02 Å². The Morgan fingerprint density at radius 1 is 1.09 bits per heavy atom. The lowest BCUT2D eigenvalue weighted by Crippen LogP contribution is -2.29. The molecule has 2 rings (SSSR count). The average molecular weight is 334 g/mol. The largest absolute Gasteiger partial charge is 0.494 e. The van der Waals surface area contributed by atoms with Gasteiger partial charge in [0.1, 0.15) is 18.1 Å². The molecule has 0 atom stereocenters. The maximum Gasteiger partial charge on any atom is 0.224 e. The fourth-order valence-corrected chi connectivity index (χ4v) is 2.16. The molecule has 0 aliphatic carbocycles. The van der Waals surface area contributed by atoms with Crippen molar-refractivity contribution in [2.24, 2.45) is 0 Å². The lowest BCUT2D eigenvalue weighted by atomic mass is 10.1. The van der Waals surface area contributed by atoms with Crippen LogP contribution in [-0.4, -0.2) is 25.7 Å². The molecule has 0 saturated carbocycles. The number of amides is 1. The average Bonchev–Trinajstić information content (AvgIpc) is 2.55. The van der Waals surface area contributed by atoms with E-state index in [9.17, 15) is 4.79 Å². The van der Waals surface area contributed by atoms with E-state index in [1.54, 1.807) is 12.1 Å². The zero-order chi connectivity index (χ0) is 16.5. The summed E-state index contributed by atoms with van der Waals surface area (Å²) in [6, 6.07) is 14.7. The van der Waals surface area contributed by atoms with Crippen molar-refractivity contribution in [2.75, 3.05) is 19.8 Å². The Kier molecular flexibility index (Phi) is 6.76. The van der Waals surface area contributed by atoms with E-state index in [0.717, 1.165) is 17.1 Å². The second-order valence-corrected chi connectivity index (χ2v) is 5.35. The highest BCUT2D eigenvalue weighted by atomic mass is 35.5. The minimum Gasteiger partial charge on any atom is -0.494 e. The van der Waals surface area contributed by atoms with Crippen LogP contribution in [0.4, 0.5) is 0 Å². The summed E-state index contributed by atoms with van der Waals surface area (Å²) in [5.74, 6) is 1.46. The molecule has 0 radical (unpaired) electrons. The molecule has 122 valence electrons. The van der Waals surface area contributed by atoms with Crippen LogP contribution in [0.1, 0.15) is 12.5 Å². The van der Waals surface area contributed by atoms with Gasteiger partial charge in [0.2, 0.25) is 5.91 Å². The first-order chi connectivity index (χ1) is 11.2. The number of hydrogen-bond acceptors (Lipinski definition) is 3. The number of carbonyl (C=O) groups is 1. The van der Waals surface area contributed by atoms with Crippen LogP contribution in [0.3, 0.4) is 0 Å². The van der Waals surface area contributed by atoms with Crippen molar-refractivity contribution in [1.29, 1.82) is 0 Å². The summed E-state index contributed by atoms with van der Waals surface area (Å²) in [7, 11) is 0. The predicted octanol–water partition coefficient (Wildman–Crippen LogP) is 3.48. The van der Waals surface area contributed by atoms with Crippen molar-refractivity contribution in [3.8, 4) is 11.5 Å². The molecule has 1 amide bonds. The van der Waals surface area contributed by atoms with Crippen LogP contribution in [-0.2, 0) is 11.2 Å². The highest BCUT2D eigenvalue weighted by Crippen LogP contribution is 2.19. The Morgan fingerprint density at radius 3 is 2.48 bits per heavy atom. The van der Waals surface area contributed by atoms with Gasteiger partial charge in [-0.3, -0.25) is 4.79 Å². The first-order valence-electron chi connectivity index (χ1n) is 7.54. The van der Waals surface area contributed by atoms with Gasteiger partial charge in [-0.05, 0) is 36.8 Å². The Morgan fingerprint density at radius 2 is 1.78 bits per heavy atom. The number of carbonyl (C=O) groups excluding carboxylic acids is 1. The van der Waals surface area contributed by atoms with Gasteiger partial charge in [-0.25, -0.2) is 0 Å². The Labute approximate surface area is 141 Å². The molecule has 0 unspecified atom stereocenters. The number of benzene rings is 2. The topological polar surface area (TPSA) is 47.6 Å². The van der Waals surface area contributed by atoms with Gasteiger partial charge in [0, 0.05) is 11.1 Å². The van der Waals surface area contributed by atoms with Crippen LogP contribution < -0.4 is 14.8 Å². The highest BCUT2D eigenvalue weighted by molar-refractivity contribution is 6.30. The maximum atomic E-state index is 11.8. The number of rotatable bonds is 8. The first kappa shape index (κ1) is 17.2. The second-order valence-electron chi connectivity index (χ2n) is 4.91. The van der Waals surface area contributed by atoms with Gasteiger partial charge in [-0.2, -0.15) is 0 Å². The third-order valence-electron chi connectivity index (χ3n) is 3.09. The number of halogens is 1. The maximum absolute atomic E-state index is 11.8. The van der Waals surface area contributed by atoms with Gasteiger partial charge < -0.3 is 14.8 Å². The first-order valence-corrected chi connectivity index (χ1v) is 7.92. The lowest BCUT2D eigenvalue weighted by Gasteiger charge is -2.09. The summed E-state index contributed by atoms with van der Waals surface area (Å²) in [5, 5.41) is 3.49. The zero-order valence-corrected chi connectivity index (χ0v) is 13.8. The molecular formula is C18H20ClNO3. The van der Waals surface area contributed by atoms with Crippen molar-refractivity contribution >= 4 is 17.5 Å². The summed E-state index contributed by atoms with van der Waals surface area (Å²) >= 11 is 5.81. The van der Waals surface area contributed by atoms with Crippen molar-refractivity contribution in [3.63, 3.8) is 0 Å². The SMILES string of the molecule is CCOc1cccc(OCCNC(=O)Cc2ccc(Cl)cc2)c1. The normalized spacial score (nSPS) is 10.2. The predicted molar refractivity (Wildman–Crippen MR) is 91.3 cm³/mol.